The SMILES string of the molecule is CC(CNC(=O)[C@H]1Cc2ccccc2CN1)CC(=O)O. The lowest BCUT2D eigenvalue weighted by atomic mass is 9.95. The summed E-state index contributed by atoms with van der Waals surface area (Å²) < 4.78 is 0. The maximum absolute atomic E-state index is 12.1. The molecule has 1 unspecified atom stereocenters. The molecule has 3 N–H and O–H groups in total. The molecule has 0 bridgehead atoms. The molecule has 0 aliphatic carbocycles. The van der Waals surface area contributed by atoms with E-state index in [0.29, 0.717) is 19.5 Å². The minimum Gasteiger partial charge on any atom is -0.481 e. The van der Waals surface area contributed by atoms with Crippen LogP contribution in [0.5, 0.6) is 0 Å². The van der Waals surface area contributed by atoms with Gasteiger partial charge in [-0.15, -0.1) is 0 Å². The minimum absolute atomic E-state index is 0.0586. The Morgan fingerprint density at radius 1 is 1.40 bits per heavy atom. The number of carbonyl (C=O) groups is 2. The summed E-state index contributed by atoms with van der Waals surface area (Å²) in [4.78, 5) is 22.6. The van der Waals surface area contributed by atoms with Crippen molar-refractivity contribution in [2.24, 2.45) is 5.92 Å². The highest BCUT2D eigenvalue weighted by atomic mass is 16.4. The fraction of sp³-hybridized carbons (Fsp3) is 0.467. The highest BCUT2D eigenvalue weighted by Gasteiger charge is 2.23. The maximum Gasteiger partial charge on any atom is 0.303 e. The average Bonchev–Trinajstić information content (AvgIpc) is 2.43. The summed E-state index contributed by atoms with van der Waals surface area (Å²) in [5, 5.41) is 14.7. The van der Waals surface area contributed by atoms with Crippen LogP contribution in [0.4, 0.5) is 0 Å². The predicted octanol–water partition coefficient (Wildman–Crippen LogP) is 0.928. The van der Waals surface area contributed by atoms with Gasteiger partial charge in [0.25, 0.3) is 0 Å². The average molecular weight is 276 g/mol. The molecule has 1 aliphatic rings. The van der Waals surface area contributed by atoms with Crippen LogP contribution in [-0.4, -0.2) is 29.6 Å². The van der Waals surface area contributed by atoms with E-state index >= 15 is 0 Å². The number of benzene rings is 1. The second-order valence-corrected chi connectivity index (χ2v) is 5.35. The van der Waals surface area contributed by atoms with E-state index in [-0.39, 0.29) is 24.3 Å². The van der Waals surface area contributed by atoms with E-state index in [1.54, 1.807) is 0 Å². The van der Waals surface area contributed by atoms with Gasteiger partial charge >= 0.3 is 5.97 Å². The van der Waals surface area contributed by atoms with Gasteiger partial charge in [0.2, 0.25) is 5.91 Å². The highest BCUT2D eigenvalue weighted by molar-refractivity contribution is 5.82. The quantitative estimate of drug-likeness (QED) is 0.747. The number of carbonyl (C=O) groups excluding carboxylic acids is 1. The number of carboxylic acids is 1. The lowest BCUT2D eigenvalue weighted by Gasteiger charge is -2.25. The van der Waals surface area contributed by atoms with Gasteiger partial charge in [0.15, 0.2) is 0 Å². The highest BCUT2D eigenvalue weighted by Crippen LogP contribution is 2.16. The van der Waals surface area contributed by atoms with Gasteiger partial charge in [-0.3, -0.25) is 9.59 Å². The Morgan fingerprint density at radius 3 is 2.80 bits per heavy atom. The van der Waals surface area contributed by atoms with Crippen molar-refractivity contribution < 1.29 is 14.7 Å². The third-order valence-electron chi connectivity index (χ3n) is 3.55. The summed E-state index contributed by atoms with van der Waals surface area (Å²) >= 11 is 0. The second kappa shape index (κ2) is 6.52. The molecule has 5 nitrogen and oxygen atoms in total. The zero-order valence-corrected chi connectivity index (χ0v) is 11.6. The van der Waals surface area contributed by atoms with E-state index in [0.717, 1.165) is 0 Å². The van der Waals surface area contributed by atoms with Crippen molar-refractivity contribution in [1.29, 1.82) is 0 Å². The van der Waals surface area contributed by atoms with Gasteiger partial charge in [0.05, 0.1) is 6.04 Å². The normalized spacial score (nSPS) is 18.9. The van der Waals surface area contributed by atoms with E-state index in [2.05, 4.69) is 16.7 Å². The van der Waals surface area contributed by atoms with Crippen LogP contribution in [0, 0.1) is 5.92 Å². The van der Waals surface area contributed by atoms with Crippen LogP contribution in [0.1, 0.15) is 24.5 Å². The van der Waals surface area contributed by atoms with E-state index in [9.17, 15) is 9.59 Å². The smallest absolute Gasteiger partial charge is 0.303 e. The largest absolute Gasteiger partial charge is 0.481 e. The number of aliphatic carboxylic acids is 1. The first-order chi connectivity index (χ1) is 9.56. The third kappa shape index (κ3) is 3.81. The lowest BCUT2D eigenvalue weighted by Crippen LogP contribution is -2.48. The molecule has 0 radical (unpaired) electrons. The van der Waals surface area contributed by atoms with Crippen LogP contribution in [0.3, 0.4) is 0 Å². The van der Waals surface area contributed by atoms with Crippen molar-refractivity contribution in [3.63, 3.8) is 0 Å². The van der Waals surface area contributed by atoms with E-state index in [1.165, 1.54) is 11.1 Å². The molecule has 1 amide bonds. The van der Waals surface area contributed by atoms with Gasteiger partial charge in [0.1, 0.15) is 0 Å². The van der Waals surface area contributed by atoms with Crippen LogP contribution in [-0.2, 0) is 22.6 Å². The zero-order valence-electron chi connectivity index (χ0n) is 11.6. The lowest BCUT2D eigenvalue weighted by molar-refractivity contribution is -0.138. The Morgan fingerprint density at radius 2 is 2.10 bits per heavy atom. The van der Waals surface area contributed by atoms with Crippen molar-refractivity contribution in [3.05, 3.63) is 35.4 Å². The second-order valence-electron chi connectivity index (χ2n) is 5.35. The number of hydrogen-bond donors (Lipinski definition) is 3. The predicted molar refractivity (Wildman–Crippen MR) is 75.2 cm³/mol. The first kappa shape index (κ1) is 14.5. The Bertz CT molecular complexity index is 502. The molecular formula is C15H20N2O3. The molecule has 0 saturated heterocycles. The first-order valence-electron chi connectivity index (χ1n) is 6.86. The van der Waals surface area contributed by atoms with E-state index < -0.39 is 5.97 Å². The zero-order chi connectivity index (χ0) is 14.5. The number of nitrogens with one attached hydrogen (secondary N) is 2. The topological polar surface area (TPSA) is 78.4 Å². The van der Waals surface area contributed by atoms with Gasteiger partial charge in [-0.05, 0) is 23.5 Å². The molecular weight excluding hydrogens is 256 g/mol. The van der Waals surface area contributed by atoms with Gasteiger partial charge < -0.3 is 15.7 Å². The first-order valence-corrected chi connectivity index (χ1v) is 6.86. The van der Waals surface area contributed by atoms with Crippen LogP contribution < -0.4 is 10.6 Å². The molecule has 1 aliphatic heterocycles. The van der Waals surface area contributed by atoms with Crippen molar-refractivity contribution in [3.8, 4) is 0 Å². The van der Waals surface area contributed by atoms with Gasteiger partial charge in [0, 0.05) is 19.5 Å². The molecule has 20 heavy (non-hydrogen) atoms. The molecule has 2 rings (SSSR count). The summed E-state index contributed by atoms with van der Waals surface area (Å²) in [5.74, 6) is -0.958. The van der Waals surface area contributed by atoms with Crippen molar-refractivity contribution in [1.82, 2.24) is 10.6 Å². The summed E-state index contributed by atoms with van der Waals surface area (Å²) in [6.45, 7) is 2.90. The Labute approximate surface area is 118 Å². The number of amides is 1. The van der Waals surface area contributed by atoms with Gasteiger partial charge in [-0.1, -0.05) is 31.2 Å². The van der Waals surface area contributed by atoms with Crippen LogP contribution in [0.15, 0.2) is 24.3 Å². The minimum atomic E-state index is -0.837. The van der Waals surface area contributed by atoms with Crippen LogP contribution in [0.25, 0.3) is 0 Å². The molecule has 2 atom stereocenters. The summed E-state index contributed by atoms with van der Waals surface area (Å²) in [6, 6.07) is 7.85. The monoisotopic (exact) mass is 276 g/mol. The molecule has 0 fully saturated rings. The molecule has 1 aromatic carbocycles. The van der Waals surface area contributed by atoms with E-state index in [4.69, 9.17) is 5.11 Å². The molecule has 5 heteroatoms. The molecule has 0 spiro atoms. The van der Waals surface area contributed by atoms with Crippen LogP contribution in [0.2, 0.25) is 0 Å². The van der Waals surface area contributed by atoms with Gasteiger partial charge in [-0.25, -0.2) is 0 Å². The number of fused-ring (bicyclic) bond motifs is 1. The summed E-state index contributed by atoms with van der Waals surface area (Å²) in [7, 11) is 0. The molecule has 1 heterocycles. The number of carboxylic acid groups (broad SMARTS) is 1. The maximum atomic E-state index is 12.1. The van der Waals surface area contributed by atoms with E-state index in [1.807, 2.05) is 25.1 Å². The Kier molecular flexibility index (Phi) is 4.74. The fourth-order valence-electron chi connectivity index (χ4n) is 2.41. The summed E-state index contributed by atoms with van der Waals surface area (Å²) in [5.41, 5.74) is 2.43. The summed E-state index contributed by atoms with van der Waals surface area (Å²) in [6.07, 6.45) is 0.747. The van der Waals surface area contributed by atoms with Crippen molar-refractivity contribution in [2.45, 2.75) is 32.4 Å². The Balaban J connectivity index is 1.84. The standard InChI is InChI=1S/C15H20N2O3/c1-10(6-14(18)19)8-17-15(20)13-7-11-4-2-3-5-12(11)9-16-13/h2-5,10,13,16H,6-9H2,1H3,(H,17,20)(H,18,19)/t10?,13-/m1/s1. The number of hydrogen-bond acceptors (Lipinski definition) is 3. The molecule has 1 aromatic rings. The van der Waals surface area contributed by atoms with Crippen molar-refractivity contribution >= 4 is 11.9 Å². The third-order valence-corrected chi connectivity index (χ3v) is 3.55. The molecule has 108 valence electrons. The fourth-order valence-corrected chi connectivity index (χ4v) is 2.41. The van der Waals surface area contributed by atoms with Gasteiger partial charge in [-0.2, -0.15) is 0 Å². The Hall–Kier alpha value is -1.88. The number of rotatable bonds is 5. The molecule has 0 saturated carbocycles. The molecule has 0 aromatic heterocycles. The van der Waals surface area contributed by atoms with Crippen LogP contribution >= 0.6 is 0 Å². The van der Waals surface area contributed by atoms with Crippen molar-refractivity contribution in [2.75, 3.05) is 6.54 Å².